The summed E-state index contributed by atoms with van der Waals surface area (Å²) in [5.41, 5.74) is 2.02. The summed E-state index contributed by atoms with van der Waals surface area (Å²) in [7, 11) is 3.22. The van der Waals surface area contributed by atoms with E-state index >= 15 is 0 Å². The minimum Gasteiger partial charge on any atom is -0.497 e. The van der Waals surface area contributed by atoms with Crippen LogP contribution in [0.3, 0.4) is 0 Å². The minimum atomic E-state index is -0.159. The third-order valence-electron chi connectivity index (χ3n) is 3.74. The Kier molecular flexibility index (Phi) is 5.09. The predicted octanol–water partition coefficient (Wildman–Crippen LogP) is 3.81. The van der Waals surface area contributed by atoms with Crippen molar-refractivity contribution in [3.63, 3.8) is 0 Å². The fourth-order valence-corrected chi connectivity index (χ4v) is 3.03. The number of amides is 1. The highest BCUT2D eigenvalue weighted by molar-refractivity contribution is 8.13. The van der Waals surface area contributed by atoms with Crippen LogP contribution in [0.15, 0.2) is 59.2 Å². The van der Waals surface area contributed by atoms with Crippen LogP contribution in [0.1, 0.15) is 5.56 Å². The van der Waals surface area contributed by atoms with E-state index in [1.807, 2.05) is 54.8 Å². The van der Waals surface area contributed by atoms with Crippen molar-refractivity contribution in [1.82, 2.24) is 0 Å². The van der Waals surface area contributed by atoms with Crippen LogP contribution in [0.5, 0.6) is 11.5 Å². The number of carbonyl (C=O) groups excluding carboxylic acids is 1. The van der Waals surface area contributed by atoms with Crippen molar-refractivity contribution in [2.24, 2.45) is 4.99 Å². The molecule has 0 N–H and O–H groups in total. The maximum atomic E-state index is 12.9. The lowest BCUT2D eigenvalue weighted by Crippen LogP contribution is -2.30. The molecule has 0 aliphatic carbocycles. The summed E-state index contributed by atoms with van der Waals surface area (Å²) in [6, 6.07) is 14.9. The molecule has 3 rings (SSSR count). The fourth-order valence-electron chi connectivity index (χ4n) is 2.47. The second-order valence-electron chi connectivity index (χ2n) is 5.24. The van der Waals surface area contributed by atoms with E-state index in [4.69, 9.17) is 9.47 Å². The van der Waals surface area contributed by atoms with Gasteiger partial charge in [0.2, 0.25) is 0 Å². The highest BCUT2D eigenvalue weighted by atomic mass is 32.2. The van der Waals surface area contributed by atoms with Gasteiger partial charge in [-0.1, -0.05) is 30.0 Å². The van der Waals surface area contributed by atoms with Crippen molar-refractivity contribution < 1.29 is 14.3 Å². The number of anilines is 1. The fraction of sp³-hybridized carbons (Fsp3) is 0.158. The van der Waals surface area contributed by atoms with Gasteiger partial charge in [-0.3, -0.25) is 9.69 Å². The molecule has 0 radical (unpaired) electrons. The molecule has 128 valence electrons. The van der Waals surface area contributed by atoms with Crippen LogP contribution in [-0.2, 0) is 4.79 Å². The molecule has 0 saturated carbocycles. The van der Waals surface area contributed by atoms with Crippen molar-refractivity contribution in [3.8, 4) is 11.5 Å². The number of ether oxygens (including phenoxy) is 2. The monoisotopic (exact) mass is 354 g/mol. The number of methoxy groups -OCH3 is 2. The van der Waals surface area contributed by atoms with Crippen molar-refractivity contribution in [2.45, 2.75) is 0 Å². The first kappa shape index (κ1) is 17.1. The zero-order valence-corrected chi connectivity index (χ0v) is 15.0. The van der Waals surface area contributed by atoms with E-state index in [0.29, 0.717) is 16.6 Å². The third-order valence-corrected chi connectivity index (χ3v) is 4.38. The molecule has 1 amide bonds. The van der Waals surface area contributed by atoms with E-state index in [0.717, 1.165) is 17.0 Å². The van der Waals surface area contributed by atoms with E-state index in [1.165, 1.54) is 11.8 Å². The Bertz CT molecular complexity index is 844. The van der Waals surface area contributed by atoms with E-state index in [9.17, 15) is 4.79 Å². The maximum absolute atomic E-state index is 12.9. The molecule has 1 heterocycles. The Morgan fingerprint density at radius 3 is 2.40 bits per heavy atom. The van der Waals surface area contributed by atoms with Gasteiger partial charge in [-0.2, -0.15) is 0 Å². The third kappa shape index (κ3) is 3.53. The quantitative estimate of drug-likeness (QED) is 0.784. The van der Waals surface area contributed by atoms with E-state index in [2.05, 4.69) is 4.99 Å². The van der Waals surface area contributed by atoms with E-state index < -0.39 is 0 Å². The molecular weight excluding hydrogens is 336 g/mol. The standard InChI is InChI=1S/C19H18N2O3S/c1-23-15-9-7-13(8-10-15)11-17-18(22)21(19(20-17)25-3)14-5-4-6-16(12-14)24-2/h4-12H,1-3H3/b17-11-. The number of hydrogen-bond acceptors (Lipinski definition) is 5. The highest BCUT2D eigenvalue weighted by Gasteiger charge is 2.31. The number of thioether (sulfide) groups is 1. The van der Waals surface area contributed by atoms with Gasteiger partial charge in [-0.15, -0.1) is 0 Å². The molecule has 6 heteroatoms. The average Bonchev–Trinajstić information content (AvgIpc) is 2.98. The molecule has 0 fully saturated rings. The molecule has 0 bridgehead atoms. The number of amidine groups is 1. The summed E-state index contributed by atoms with van der Waals surface area (Å²) >= 11 is 1.43. The van der Waals surface area contributed by atoms with Crippen LogP contribution in [0.4, 0.5) is 5.69 Å². The number of nitrogens with zero attached hydrogens (tertiary/aromatic N) is 2. The number of carbonyl (C=O) groups is 1. The Balaban J connectivity index is 1.94. The summed E-state index contributed by atoms with van der Waals surface area (Å²) in [6.45, 7) is 0. The normalized spacial score (nSPS) is 15.5. The zero-order chi connectivity index (χ0) is 17.8. The van der Waals surface area contributed by atoms with Crippen molar-refractivity contribution in [3.05, 3.63) is 59.8 Å². The van der Waals surface area contributed by atoms with Gasteiger partial charge >= 0.3 is 0 Å². The summed E-state index contributed by atoms with van der Waals surface area (Å²) in [5.74, 6) is 1.30. The highest BCUT2D eigenvalue weighted by Crippen LogP contribution is 2.30. The Labute approximate surface area is 151 Å². The van der Waals surface area contributed by atoms with Crippen LogP contribution < -0.4 is 14.4 Å². The molecule has 0 atom stereocenters. The zero-order valence-electron chi connectivity index (χ0n) is 14.2. The SMILES string of the molecule is COc1ccc(/C=C2\N=C(SC)N(c3cccc(OC)c3)C2=O)cc1. The summed E-state index contributed by atoms with van der Waals surface area (Å²) in [4.78, 5) is 19.0. The van der Waals surface area contributed by atoms with Crippen LogP contribution in [0.2, 0.25) is 0 Å². The maximum Gasteiger partial charge on any atom is 0.283 e. The van der Waals surface area contributed by atoms with Crippen LogP contribution in [-0.4, -0.2) is 31.6 Å². The lowest BCUT2D eigenvalue weighted by Gasteiger charge is -2.17. The van der Waals surface area contributed by atoms with E-state index in [1.54, 1.807) is 25.2 Å². The van der Waals surface area contributed by atoms with Crippen molar-refractivity contribution in [2.75, 3.05) is 25.4 Å². The Morgan fingerprint density at radius 2 is 1.76 bits per heavy atom. The molecule has 0 unspecified atom stereocenters. The molecule has 2 aromatic rings. The Morgan fingerprint density at radius 1 is 1.04 bits per heavy atom. The number of aliphatic imine (C=N–C) groups is 1. The van der Waals surface area contributed by atoms with Gasteiger partial charge in [0.05, 0.1) is 19.9 Å². The molecule has 2 aromatic carbocycles. The summed E-state index contributed by atoms with van der Waals surface area (Å²) in [5, 5.41) is 0.637. The smallest absolute Gasteiger partial charge is 0.283 e. The van der Waals surface area contributed by atoms with Gasteiger partial charge in [0, 0.05) is 6.07 Å². The van der Waals surface area contributed by atoms with Gasteiger partial charge in [0.1, 0.15) is 17.2 Å². The predicted molar refractivity (Wildman–Crippen MR) is 102 cm³/mol. The summed E-state index contributed by atoms with van der Waals surface area (Å²) in [6.07, 6.45) is 3.67. The first-order valence-corrected chi connectivity index (χ1v) is 8.85. The van der Waals surface area contributed by atoms with Crippen LogP contribution >= 0.6 is 11.8 Å². The average molecular weight is 354 g/mol. The lowest BCUT2D eigenvalue weighted by molar-refractivity contribution is -0.113. The molecule has 0 saturated heterocycles. The molecule has 0 spiro atoms. The van der Waals surface area contributed by atoms with Gasteiger partial charge in [0.15, 0.2) is 5.17 Å². The van der Waals surface area contributed by atoms with Crippen LogP contribution in [0.25, 0.3) is 6.08 Å². The van der Waals surface area contributed by atoms with Crippen LogP contribution in [0, 0.1) is 0 Å². The molecule has 1 aliphatic rings. The largest absolute Gasteiger partial charge is 0.497 e. The second kappa shape index (κ2) is 7.44. The first-order valence-electron chi connectivity index (χ1n) is 7.63. The van der Waals surface area contributed by atoms with Gasteiger partial charge < -0.3 is 9.47 Å². The lowest BCUT2D eigenvalue weighted by atomic mass is 10.2. The topological polar surface area (TPSA) is 51.1 Å². The minimum absolute atomic E-state index is 0.159. The van der Waals surface area contributed by atoms with Gasteiger partial charge in [-0.05, 0) is 42.2 Å². The molecule has 25 heavy (non-hydrogen) atoms. The van der Waals surface area contributed by atoms with Gasteiger partial charge in [-0.25, -0.2) is 4.99 Å². The van der Waals surface area contributed by atoms with Gasteiger partial charge in [0.25, 0.3) is 5.91 Å². The second-order valence-corrected chi connectivity index (χ2v) is 6.02. The molecule has 5 nitrogen and oxygen atoms in total. The number of rotatable bonds is 4. The first-order chi connectivity index (χ1) is 12.2. The van der Waals surface area contributed by atoms with E-state index in [-0.39, 0.29) is 5.91 Å². The molecule has 1 aliphatic heterocycles. The summed E-state index contributed by atoms with van der Waals surface area (Å²) < 4.78 is 10.4. The number of benzene rings is 2. The molecule has 0 aromatic heterocycles. The number of hydrogen-bond donors (Lipinski definition) is 0. The molecular formula is C19H18N2O3S. The van der Waals surface area contributed by atoms with Crippen molar-refractivity contribution in [1.29, 1.82) is 0 Å². The van der Waals surface area contributed by atoms with Crippen molar-refractivity contribution >= 4 is 34.6 Å². The Hall–Kier alpha value is -2.73.